The molecule has 0 amide bonds. The van der Waals surface area contributed by atoms with Crippen LogP contribution in [0.15, 0.2) is 48.6 Å². The summed E-state index contributed by atoms with van der Waals surface area (Å²) in [5.41, 5.74) is 0. The third-order valence-electron chi connectivity index (χ3n) is 9.51. The van der Waals surface area contributed by atoms with Crippen molar-refractivity contribution in [2.24, 2.45) is 0 Å². The van der Waals surface area contributed by atoms with Gasteiger partial charge < -0.3 is 24.4 Å². The van der Waals surface area contributed by atoms with Crippen molar-refractivity contribution in [3.63, 3.8) is 0 Å². The van der Waals surface area contributed by atoms with E-state index in [9.17, 15) is 19.3 Å². The molecule has 0 unspecified atom stereocenters. The van der Waals surface area contributed by atoms with Crippen molar-refractivity contribution in [2.75, 3.05) is 13.2 Å². The molecular formula is C45H81O9P. The van der Waals surface area contributed by atoms with Crippen molar-refractivity contribution in [1.29, 1.82) is 0 Å². The highest BCUT2D eigenvalue weighted by atomic mass is 31.2. The Morgan fingerprint density at radius 3 is 1.42 bits per heavy atom. The summed E-state index contributed by atoms with van der Waals surface area (Å²) in [7, 11) is -4.78. The van der Waals surface area contributed by atoms with E-state index in [-0.39, 0.29) is 25.6 Å². The first kappa shape index (κ1) is 53.0. The van der Waals surface area contributed by atoms with Crippen molar-refractivity contribution in [3.05, 3.63) is 48.6 Å². The Balaban J connectivity index is 3.97. The van der Waals surface area contributed by atoms with Gasteiger partial charge in [0.05, 0.1) is 12.7 Å². The molecule has 0 aromatic carbocycles. The quantitative estimate of drug-likeness (QED) is 0.0239. The zero-order chi connectivity index (χ0) is 40.5. The molecule has 0 aliphatic carbocycles. The monoisotopic (exact) mass is 797 g/mol. The molecule has 0 rings (SSSR count). The van der Waals surface area contributed by atoms with E-state index in [0.29, 0.717) is 19.3 Å². The van der Waals surface area contributed by atoms with Gasteiger partial charge in [-0.15, -0.1) is 0 Å². The average Bonchev–Trinajstić information content (AvgIpc) is 3.16. The number of rotatable bonds is 40. The van der Waals surface area contributed by atoms with Crippen LogP contribution in [0.4, 0.5) is 0 Å². The van der Waals surface area contributed by atoms with Gasteiger partial charge in [0.2, 0.25) is 0 Å². The Bertz CT molecular complexity index is 1050. The molecule has 0 radical (unpaired) electrons. The summed E-state index contributed by atoms with van der Waals surface area (Å²) >= 11 is 0. The zero-order valence-corrected chi connectivity index (χ0v) is 35.8. The van der Waals surface area contributed by atoms with E-state index in [2.05, 4.69) is 47.9 Å². The molecule has 0 aliphatic rings. The summed E-state index contributed by atoms with van der Waals surface area (Å²) in [6.07, 6.45) is 46.4. The van der Waals surface area contributed by atoms with Gasteiger partial charge in [0.15, 0.2) is 6.10 Å². The Hall–Kier alpha value is -2.03. The van der Waals surface area contributed by atoms with Crippen molar-refractivity contribution in [1.82, 2.24) is 0 Å². The van der Waals surface area contributed by atoms with Crippen molar-refractivity contribution >= 4 is 19.8 Å². The summed E-state index contributed by atoms with van der Waals surface area (Å²) in [6.45, 7) is 3.38. The van der Waals surface area contributed by atoms with E-state index in [1.54, 1.807) is 0 Å². The topological polar surface area (TPSA) is 140 Å². The molecule has 10 heteroatoms. The van der Waals surface area contributed by atoms with Gasteiger partial charge in [0.25, 0.3) is 0 Å². The molecule has 0 aromatic rings. The molecule has 0 fully saturated rings. The number of hydrogen-bond donors (Lipinski definition) is 3. The Morgan fingerprint density at radius 2 is 0.964 bits per heavy atom. The third-order valence-corrected chi connectivity index (χ3v) is 10.00. The zero-order valence-electron chi connectivity index (χ0n) is 34.9. The number of esters is 2. The van der Waals surface area contributed by atoms with E-state index < -0.39 is 32.5 Å². The van der Waals surface area contributed by atoms with Crippen LogP contribution in [-0.4, -0.2) is 52.3 Å². The summed E-state index contributed by atoms with van der Waals surface area (Å²) in [4.78, 5) is 42.9. The third kappa shape index (κ3) is 42.9. The number of carbonyl (C=O) groups excluding carboxylic acids is 2. The van der Waals surface area contributed by atoms with Crippen LogP contribution in [-0.2, 0) is 28.2 Å². The van der Waals surface area contributed by atoms with Gasteiger partial charge in [-0.3, -0.25) is 14.1 Å². The second-order valence-corrected chi connectivity index (χ2v) is 16.1. The van der Waals surface area contributed by atoms with Gasteiger partial charge >= 0.3 is 19.8 Å². The van der Waals surface area contributed by atoms with Gasteiger partial charge in [-0.2, -0.15) is 0 Å². The summed E-state index contributed by atoms with van der Waals surface area (Å²) in [5, 5.41) is 9.54. The van der Waals surface area contributed by atoms with Crippen LogP contribution < -0.4 is 0 Å². The number of hydrogen-bond acceptors (Lipinski definition) is 7. The molecule has 9 nitrogen and oxygen atoms in total. The molecule has 0 heterocycles. The molecule has 0 aliphatic heterocycles. The highest BCUT2D eigenvalue weighted by molar-refractivity contribution is 7.46. The number of phosphoric acid groups is 1. The first-order valence-electron chi connectivity index (χ1n) is 22.0. The van der Waals surface area contributed by atoms with Gasteiger partial charge in [-0.05, 0) is 57.8 Å². The molecule has 0 aromatic heterocycles. The minimum Gasteiger partial charge on any atom is -0.462 e. The average molecular weight is 797 g/mol. The molecule has 0 spiro atoms. The first-order chi connectivity index (χ1) is 26.7. The molecule has 2 atom stereocenters. The molecule has 0 bridgehead atoms. The number of allylic oxidation sites excluding steroid dienone is 8. The van der Waals surface area contributed by atoms with E-state index >= 15 is 0 Å². The molecule has 3 N–H and O–H groups in total. The van der Waals surface area contributed by atoms with E-state index in [1.165, 1.54) is 103 Å². The summed E-state index contributed by atoms with van der Waals surface area (Å²) in [6, 6.07) is 0. The van der Waals surface area contributed by atoms with Crippen LogP contribution in [0.5, 0.6) is 0 Å². The van der Waals surface area contributed by atoms with E-state index in [0.717, 1.165) is 51.4 Å². The van der Waals surface area contributed by atoms with Crippen LogP contribution in [0, 0.1) is 0 Å². The highest BCUT2D eigenvalue weighted by Crippen LogP contribution is 2.36. The van der Waals surface area contributed by atoms with Gasteiger partial charge in [0.1, 0.15) is 6.61 Å². The van der Waals surface area contributed by atoms with Crippen molar-refractivity contribution < 1.29 is 43.0 Å². The fraction of sp³-hybridized carbons (Fsp3) is 0.778. The predicted molar refractivity (Wildman–Crippen MR) is 227 cm³/mol. The fourth-order valence-electron chi connectivity index (χ4n) is 6.05. The minimum absolute atomic E-state index is 0.123. The summed E-state index contributed by atoms with van der Waals surface area (Å²) < 4.78 is 26.3. The maximum Gasteiger partial charge on any atom is 0.469 e. The highest BCUT2D eigenvalue weighted by Gasteiger charge is 2.22. The smallest absolute Gasteiger partial charge is 0.462 e. The second kappa shape index (κ2) is 40.2. The lowest BCUT2D eigenvalue weighted by molar-refractivity contribution is -0.161. The van der Waals surface area contributed by atoms with Crippen LogP contribution in [0.2, 0.25) is 0 Å². The van der Waals surface area contributed by atoms with Crippen molar-refractivity contribution in [2.45, 2.75) is 212 Å². The number of ether oxygens (including phenoxy) is 2. The second-order valence-electron chi connectivity index (χ2n) is 14.8. The minimum atomic E-state index is -4.78. The molecule has 0 saturated carbocycles. The standard InChI is InChI=1S/C45H81O9P/c1-3-5-6-7-8-9-10-11-12-13-14-15-16-20-23-26-29-32-35-38-44(47)52-40-43(41-53-55(49,50)51)54-45(48)39-36-33-30-27-24-21-18-17-19-22-25-28-31-34-37-42(46)4-2/h18-19,21-22,27-28,30-31,42-43,46H,3-17,20,23-26,29,32-41H2,1-2H3,(H2,49,50,51)/b21-18-,22-19-,30-27-,31-28-/t42-,43-/m1/s1. The maximum atomic E-state index is 12.4. The normalized spacial score (nSPS) is 13.5. The SMILES string of the molecule is CCCCCCCCCCCCCCCCCCCCCC(=O)OC[C@H](COP(=O)(O)O)OC(=O)CCC/C=C\C/C=C\C/C=C\C/C=C\CC[C@H](O)CC. The van der Waals surface area contributed by atoms with Crippen LogP contribution in [0.3, 0.4) is 0 Å². The lowest BCUT2D eigenvalue weighted by atomic mass is 10.0. The van der Waals surface area contributed by atoms with Gasteiger partial charge in [-0.25, -0.2) is 4.57 Å². The fourth-order valence-corrected chi connectivity index (χ4v) is 6.41. The van der Waals surface area contributed by atoms with E-state index in [4.69, 9.17) is 19.3 Å². The van der Waals surface area contributed by atoms with E-state index in [1.807, 2.05) is 19.1 Å². The van der Waals surface area contributed by atoms with Crippen LogP contribution >= 0.6 is 7.82 Å². The maximum absolute atomic E-state index is 12.4. The first-order valence-corrected chi connectivity index (χ1v) is 23.5. The number of carbonyl (C=O) groups is 2. The number of aliphatic hydroxyl groups is 1. The van der Waals surface area contributed by atoms with Crippen LogP contribution in [0.25, 0.3) is 0 Å². The molecule has 320 valence electrons. The Kier molecular flexibility index (Phi) is 38.7. The lowest BCUT2D eigenvalue weighted by Crippen LogP contribution is -2.29. The lowest BCUT2D eigenvalue weighted by Gasteiger charge is -2.18. The van der Waals surface area contributed by atoms with Crippen LogP contribution in [0.1, 0.15) is 200 Å². The Morgan fingerprint density at radius 1 is 0.545 bits per heavy atom. The molecule has 55 heavy (non-hydrogen) atoms. The number of aliphatic hydroxyl groups excluding tert-OH is 1. The molecular weight excluding hydrogens is 715 g/mol. The largest absolute Gasteiger partial charge is 0.469 e. The summed E-state index contributed by atoms with van der Waals surface area (Å²) in [5.74, 6) is -0.963. The molecule has 0 saturated heterocycles. The van der Waals surface area contributed by atoms with Gasteiger partial charge in [0, 0.05) is 12.8 Å². The van der Waals surface area contributed by atoms with Gasteiger partial charge in [-0.1, -0.05) is 178 Å². The van der Waals surface area contributed by atoms with Crippen molar-refractivity contribution in [3.8, 4) is 0 Å². The Labute approximate surface area is 336 Å². The number of phosphoric ester groups is 1. The number of unbranched alkanes of at least 4 members (excludes halogenated alkanes) is 19. The predicted octanol–water partition coefficient (Wildman–Crippen LogP) is 12.5.